The topological polar surface area (TPSA) is 49.4 Å². The molecular formula is C18H20N2O2. The first-order chi connectivity index (χ1) is 10.7. The van der Waals surface area contributed by atoms with Crippen molar-refractivity contribution in [3.8, 4) is 0 Å². The lowest BCUT2D eigenvalue weighted by Gasteiger charge is -2.27. The zero-order chi connectivity index (χ0) is 15.5. The Morgan fingerprint density at radius 1 is 0.955 bits per heavy atom. The molecule has 1 heterocycles. The number of carbonyl (C=O) groups excluding carboxylic acids is 2. The lowest BCUT2D eigenvalue weighted by molar-refractivity contribution is 0.0612. The summed E-state index contributed by atoms with van der Waals surface area (Å²) in [7, 11) is 0. The van der Waals surface area contributed by atoms with Gasteiger partial charge in [-0.15, -0.1) is 0 Å². The Bertz CT molecular complexity index is 673. The molecular weight excluding hydrogens is 276 g/mol. The third-order valence-corrected chi connectivity index (χ3v) is 4.08. The van der Waals surface area contributed by atoms with Gasteiger partial charge < -0.3 is 5.32 Å². The van der Waals surface area contributed by atoms with E-state index in [1.807, 2.05) is 24.3 Å². The van der Waals surface area contributed by atoms with E-state index in [-0.39, 0.29) is 11.8 Å². The Morgan fingerprint density at radius 3 is 2.18 bits per heavy atom. The first-order valence-electron chi connectivity index (χ1n) is 7.82. The summed E-state index contributed by atoms with van der Waals surface area (Å²) < 4.78 is 0. The van der Waals surface area contributed by atoms with E-state index in [1.54, 1.807) is 12.1 Å². The molecule has 22 heavy (non-hydrogen) atoms. The van der Waals surface area contributed by atoms with Crippen molar-refractivity contribution < 1.29 is 9.59 Å². The molecule has 0 aliphatic carbocycles. The van der Waals surface area contributed by atoms with Crippen molar-refractivity contribution in [2.24, 2.45) is 0 Å². The van der Waals surface area contributed by atoms with Crippen molar-refractivity contribution in [3.63, 3.8) is 0 Å². The Balaban J connectivity index is 1.85. The summed E-state index contributed by atoms with van der Waals surface area (Å²) in [4.78, 5) is 26.6. The van der Waals surface area contributed by atoms with Gasteiger partial charge in [0, 0.05) is 29.6 Å². The van der Waals surface area contributed by atoms with Crippen LogP contribution in [0.3, 0.4) is 0 Å². The minimum atomic E-state index is -0.188. The summed E-state index contributed by atoms with van der Waals surface area (Å²) in [6.45, 7) is 4.09. The summed E-state index contributed by atoms with van der Waals surface area (Å²) in [6.07, 6.45) is 2.23. The molecule has 0 bridgehead atoms. The second-order valence-corrected chi connectivity index (χ2v) is 5.57. The summed E-state index contributed by atoms with van der Waals surface area (Å²) in [6, 6.07) is 11.2. The van der Waals surface area contributed by atoms with Crippen LogP contribution < -0.4 is 5.32 Å². The number of nitrogens with zero attached hydrogens (tertiary/aromatic N) is 1. The first kappa shape index (κ1) is 14.7. The molecule has 1 aliphatic rings. The van der Waals surface area contributed by atoms with E-state index in [2.05, 4.69) is 12.2 Å². The monoisotopic (exact) mass is 296 g/mol. The number of hydrogen-bond donors (Lipinski definition) is 1. The van der Waals surface area contributed by atoms with Crippen molar-refractivity contribution in [2.75, 3.05) is 19.6 Å². The van der Waals surface area contributed by atoms with Gasteiger partial charge in [0.15, 0.2) is 0 Å². The SMILES string of the molecule is CCCCNCCN1C(=O)c2cccc3cccc(c23)C1=O. The molecule has 0 unspecified atom stereocenters. The number of amides is 2. The fraction of sp³-hybridized carbons (Fsp3) is 0.333. The van der Waals surface area contributed by atoms with E-state index in [9.17, 15) is 9.59 Å². The highest BCUT2D eigenvalue weighted by molar-refractivity contribution is 6.25. The Labute approximate surface area is 130 Å². The van der Waals surface area contributed by atoms with Gasteiger partial charge in [0.05, 0.1) is 0 Å². The summed E-state index contributed by atoms with van der Waals surface area (Å²) >= 11 is 0. The van der Waals surface area contributed by atoms with Crippen LogP contribution in [0.15, 0.2) is 36.4 Å². The lowest BCUT2D eigenvalue weighted by atomic mass is 9.94. The Hall–Kier alpha value is -2.20. The van der Waals surface area contributed by atoms with Crippen molar-refractivity contribution in [1.29, 1.82) is 0 Å². The van der Waals surface area contributed by atoms with Gasteiger partial charge in [-0.1, -0.05) is 37.6 Å². The maximum atomic E-state index is 12.6. The van der Waals surface area contributed by atoms with Crippen LogP contribution in [0.2, 0.25) is 0 Å². The number of unbranched alkanes of at least 4 members (excludes halogenated alkanes) is 1. The smallest absolute Gasteiger partial charge is 0.261 e. The fourth-order valence-electron chi connectivity index (χ4n) is 2.90. The molecule has 1 aliphatic heterocycles. The van der Waals surface area contributed by atoms with Crippen LogP contribution in [-0.2, 0) is 0 Å². The molecule has 1 N–H and O–H groups in total. The van der Waals surface area contributed by atoms with Gasteiger partial charge in [0.1, 0.15) is 0 Å². The van der Waals surface area contributed by atoms with Gasteiger partial charge >= 0.3 is 0 Å². The molecule has 0 radical (unpaired) electrons. The van der Waals surface area contributed by atoms with E-state index in [0.29, 0.717) is 24.2 Å². The van der Waals surface area contributed by atoms with Crippen molar-refractivity contribution >= 4 is 22.6 Å². The fourth-order valence-corrected chi connectivity index (χ4v) is 2.90. The van der Waals surface area contributed by atoms with E-state index >= 15 is 0 Å². The highest BCUT2D eigenvalue weighted by Gasteiger charge is 2.31. The van der Waals surface area contributed by atoms with Crippen LogP contribution in [0.4, 0.5) is 0 Å². The summed E-state index contributed by atoms with van der Waals surface area (Å²) in [5.74, 6) is -0.377. The largest absolute Gasteiger partial charge is 0.315 e. The van der Waals surface area contributed by atoms with Crippen LogP contribution >= 0.6 is 0 Å². The Kier molecular flexibility index (Phi) is 4.20. The normalized spacial score (nSPS) is 14.0. The maximum Gasteiger partial charge on any atom is 0.261 e. The average molecular weight is 296 g/mol. The Morgan fingerprint density at radius 2 is 1.59 bits per heavy atom. The van der Waals surface area contributed by atoms with Crippen molar-refractivity contribution in [1.82, 2.24) is 10.2 Å². The predicted octanol–water partition coefficient (Wildman–Crippen LogP) is 2.83. The highest BCUT2D eigenvalue weighted by atomic mass is 16.2. The molecule has 3 rings (SSSR count). The van der Waals surface area contributed by atoms with Gasteiger partial charge in [0.25, 0.3) is 11.8 Å². The second kappa shape index (κ2) is 6.28. The maximum absolute atomic E-state index is 12.6. The average Bonchev–Trinajstić information content (AvgIpc) is 2.55. The quantitative estimate of drug-likeness (QED) is 0.659. The molecule has 0 aromatic heterocycles. The lowest BCUT2D eigenvalue weighted by Crippen LogP contribution is -2.43. The molecule has 4 heteroatoms. The number of imide groups is 1. The first-order valence-corrected chi connectivity index (χ1v) is 7.82. The highest BCUT2D eigenvalue weighted by Crippen LogP contribution is 2.29. The van der Waals surface area contributed by atoms with E-state index < -0.39 is 0 Å². The molecule has 0 atom stereocenters. The second-order valence-electron chi connectivity index (χ2n) is 5.57. The number of benzene rings is 2. The van der Waals surface area contributed by atoms with Crippen LogP contribution in [0.1, 0.15) is 40.5 Å². The molecule has 0 spiro atoms. The third kappa shape index (κ3) is 2.50. The van der Waals surface area contributed by atoms with E-state index in [4.69, 9.17) is 0 Å². The van der Waals surface area contributed by atoms with Gasteiger partial charge in [-0.3, -0.25) is 14.5 Å². The van der Waals surface area contributed by atoms with Gasteiger partial charge in [0.2, 0.25) is 0 Å². The van der Waals surface area contributed by atoms with Crippen molar-refractivity contribution in [3.05, 3.63) is 47.5 Å². The van der Waals surface area contributed by atoms with E-state index in [1.165, 1.54) is 4.90 Å². The van der Waals surface area contributed by atoms with Crippen LogP contribution in [0.5, 0.6) is 0 Å². The van der Waals surface area contributed by atoms with Gasteiger partial charge in [-0.05, 0) is 30.5 Å². The molecule has 4 nitrogen and oxygen atoms in total. The van der Waals surface area contributed by atoms with Crippen LogP contribution in [0.25, 0.3) is 10.8 Å². The van der Waals surface area contributed by atoms with Gasteiger partial charge in [-0.25, -0.2) is 0 Å². The summed E-state index contributed by atoms with van der Waals surface area (Å²) in [5, 5.41) is 5.01. The molecule has 0 saturated carbocycles. The molecule has 2 amide bonds. The minimum Gasteiger partial charge on any atom is -0.315 e. The molecule has 0 fully saturated rings. The molecule has 114 valence electrons. The number of hydrogen-bond acceptors (Lipinski definition) is 3. The number of carbonyl (C=O) groups is 2. The molecule has 0 saturated heterocycles. The summed E-state index contributed by atoms with van der Waals surface area (Å²) in [5.41, 5.74) is 1.25. The van der Waals surface area contributed by atoms with Crippen molar-refractivity contribution in [2.45, 2.75) is 19.8 Å². The zero-order valence-electron chi connectivity index (χ0n) is 12.8. The minimum absolute atomic E-state index is 0.188. The predicted molar refractivity (Wildman–Crippen MR) is 87.1 cm³/mol. The van der Waals surface area contributed by atoms with E-state index in [0.717, 1.165) is 30.2 Å². The standard InChI is InChI=1S/C18H20N2O2/c1-2-3-10-19-11-12-20-17(21)14-8-4-6-13-7-5-9-15(16(13)14)18(20)22/h4-9,19H,2-3,10-12H2,1H3. The van der Waals surface area contributed by atoms with Gasteiger partial charge in [-0.2, -0.15) is 0 Å². The third-order valence-electron chi connectivity index (χ3n) is 4.08. The van der Waals surface area contributed by atoms with Crippen LogP contribution in [-0.4, -0.2) is 36.3 Å². The van der Waals surface area contributed by atoms with Crippen LogP contribution in [0, 0.1) is 0 Å². The zero-order valence-corrected chi connectivity index (χ0v) is 12.8. The molecule has 2 aromatic carbocycles. The number of nitrogens with one attached hydrogen (secondary N) is 1. The molecule has 2 aromatic rings. The number of rotatable bonds is 6.